The van der Waals surface area contributed by atoms with E-state index in [0.717, 1.165) is 0 Å². The van der Waals surface area contributed by atoms with Gasteiger partial charge in [0.1, 0.15) is 5.88 Å². The second-order valence-corrected chi connectivity index (χ2v) is 9.16. The molecule has 0 fully saturated rings. The zero-order valence-corrected chi connectivity index (χ0v) is 13.7. The van der Waals surface area contributed by atoms with E-state index in [4.69, 9.17) is 61.4 Å². The standard InChI is InChI=1S/C2Cl2NS2.C2H2ClN.Cl2S2/c3-1-2(4)6-7-5-1;3-1-2-4;1-4(2)3/h;1H2;/q+1;;. The Kier molecular flexibility index (Phi) is 17.0. The summed E-state index contributed by atoms with van der Waals surface area (Å²) in [4.78, 5) is 0. The van der Waals surface area contributed by atoms with Crippen molar-refractivity contribution in [3.05, 3.63) is 9.49 Å². The zero-order valence-electron chi connectivity index (χ0n) is 6.62. The summed E-state index contributed by atoms with van der Waals surface area (Å²) in [7, 11) is 11.6. The zero-order chi connectivity index (χ0) is 12.3. The molecule has 0 atom stereocenters. The van der Waals surface area contributed by atoms with Gasteiger partial charge >= 0.3 is 14.7 Å². The molecule has 1 aromatic rings. The van der Waals surface area contributed by atoms with Gasteiger partial charge in [0.15, 0.2) is 0 Å². The van der Waals surface area contributed by atoms with Crippen molar-refractivity contribution >= 4 is 96.1 Å². The summed E-state index contributed by atoms with van der Waals surface area (Å²) in [6, 6.07) is 1.70. The highest BCUT2D eigenvalue weighted by Crippen LogP contribution is 2.27. The molecule has 0 spiro atoms. The van der Waals surface area contributed by atoms with Crippen molar-refractivity contribution < 1.29 is 0 Å². The number of alkyl halides is 1. The molecule has 0 unspecified atom stereocenters. The van der Waals surface area contributed by atoms with E-state index in [-0.39, 0.29) is 5.88 Å². The quantitative estimate of drug-likeness (QED) is 0.276. The van der Waals surface area contributed by atoms with E-state index < -0.39 is 7.88 Å². The molecule has 0 N–H and O–H groups in total. The van der Waals surface area contributed by atoms with E-state index >= 15 is 0 Å². The van der Waals surface area contributed by atoms with Crippen LogP contribution in [-0.4, -0.2) is 10.3 Å². The van der Waals surface area contributed by atoms with Gasteiger partial charge in [-0.05, 0) is 44.2 Å². The van der Waals surface area contributed by atoms with Gasteiger partial charge in [0.2, 0.25) is 5.15 Å². The first-order valence-electron chi connectivity index (χ1n) is 2.72. The van der Waals surface area contributed by atoms with Crippen LogP contribution in [0.1, 0.15) is 0 Å². The van der Waals surface area contributed by atoms with Crippen molar-refractivity contribution in [3.63, 3.8) is 0 Å². The summed E-state index contributed by atoms with van der Waals surface area (Å²) in [5, 5.41) is 7.91. The molecule has 86 valence electrons. The van der Waals surface area contributed by atoms with Crippen LogP contribution in [0, 0.1) is 11.3 Å². The average Bonchev–Trinajstić information content (AvgIpc) is 2.51. The molecule has 0 saturated carbocycles. The van der Waals surface area contributed by atoms with E-state index in [2.05, 4.69) is 15.6 Å². The minimum Gasteiger partial charge on any atom is -0.197 e. The molecule has 0 amide bonds. The van der Waals surface area contributed by atoms with Crippen LogP contribution >= 0.6 is 77.0 Å². The topological polar surface area (TPSA) is 36.7 Å². The third-order valence-electron chi connectivity index (χ3n) is 0.450. The predicted molar refractivity (Wildman–Crippen MR) is 77.2 cm³/mol. The second kappa shape index (κ2) is 13.6. The second-order valence-electron chi connectivity index (χ2n) is 1.29. The van der Waals surface area contributed by atoms with Crippen molar-refractivity contribution in [3.8, 4) is 6.07 Å². The maximum absolute atomic E-state index is 7.49. The molecule has 0 aliphatic carbocycles. The van der Waals surface area contributed by atoms with Crippen molar-refractivity contribution in [2.75, 3.05) is 5.88 Å². The fourth-order valence-electron chi connectivity index (χ4n) is 0.154. The van der Waals surface area contributed by atoms with Crippen LogP contribution in [-0.2, 0) is 19.1 Å². The van der Waals surface area contributed by atoms with Gasteiger partial charge in [-0.25, -0.2) is 0 Å². The monoisotopic (exact) mass is 381 g/mol. The van der Waals surface area contributed by atoms with E-state index in [9.17, 15) is 0 Å². The lowest BCUT2D eigenvalue weighted by molar-refractivity contribution is 1.49. The lowest BCUT2D eigenvalue weighted by Gasteiger charge is -1.59. The Morgan fingerprint density at radius 1 is 1.53 bits per heavy atom. The van der Waals surface area contributed by atoms with E-state index in [1.807, 2.05) is 0 Å². The third kappa shape index (κ3) is 18.1. The molecular formula is C4H2Cl5N2S4+. The number of nitriles is 1. The summed E-state index contributed by atoms with van der Waals surface area (Å²) in [6.07, 6.45) is 0. The molecule has 0 aliphatic rings. The fourth-order valence-corrected chi connectivity index (χ4v) is 2.18. The Bertz CT molecular complexity index is 303. The lowest BCUT2D eigenvalue weighted by Crippen LogP contribution is -1.51. The number of hydrogen-bond acceptors (Lipinski definition) is 4. The molecule has 0 bridgehead atoms. The summed E-state index contributed by atoms with van der Waals surface area (Å²) in [6.45, 7) is 0. The Morgan fingerprint density at radius 2 is 1.93 bits per heavy atom. The Hall–Kier alpha value is 1.49. The molecule has 0 aliphatic heterocycles. The normalized spacial score (nSPS) is 8.07. The van der Waals surface area contributed by atoms with Crippen LogP contribution < -0.4 is 0 Å². The molecular weight excluding hydrogens is 382 g/mol. The van der Waals surface area contributed by atoms with Gasteiger partial charge in [0.05, 0.1) is 14.0 Å². The first-order valence-corrected chi connectivity index (χ1v) is 9.92. The highest BCUT2D eigenvalue weighted by atomic mass is 36.0. The van der Waals surface area contributed by atoms with Gasteiger partial charge in [-0.15, -0.1) is 16.0 Å². The van der Waals surface area contributed by atoms with Crippen molar-refractivity contribution in [2.45, 2.75) is 0 Å². The Labute approximate surface area is 126 Å². The highest BCUT2D eigenvalue weighted by Gasteiger charge is 2.12. The van der Waals surface area contributed by atoms with Crippen LogP contribution in [0.15, 0.2) is 0 Å². The fraction of sp³-hybridized carbons (Fsp3) is 0.250. The molecule has 15 heavy (non-hydrogen) atoms. The summed E-state index contributed by atoms with van der Waals surface area (Å²) in [5.74, 6) is 0.0972. The molecule has 11 heteroatoms. The average molecular weight is 384 g/mol. The van der Waals surface area contributed by atoms with Crippen LogP contribution in [0.25, 0.3) is 0 Å². The SMILES string of the molecule is Clc1ns[s+]c1Cl.N#CCCl.S=S(Cl)Cl. The Morgan fingerprint density at radius 3 is 2.00 bits per heavy atom. The molecule has 0 saturated heterocycles. The van der Waals surface area contributed by atoms with Crippen LogP contribution in [0.2, 0.25) is 9.49 Å². The smallest absolute Gasteiger partial charge is 0.197 e. The number of aromatic nitrogens is 1. The summed E-state index contributed by atoms with van der Waals surface area (Å²) < 4.78 is 4.29. The lowest BCUT2D eigenvalue weighted by atomic mass is 10.9. The molecule has 2 nitrogen and oxygen atoms in total. The number of nitrogens with zero attached hydrogens (tertiary/aromatic N) is 2. The highest BCUT2D eigenvalue weighted by molar-refractivity contribution is 8.54. The van der Waals surface area contributed by atoms with E-state index in [1.54, 1.807) is 6.07 Å². The van der Waals surface area contributed by atoms with Gasteiger partial charge in [0.25, 0.3) is 10.5 Å². The maximum Gasteiger partial charge on any atom is 0.354 e. The first-order chi connectivity index (χ1) is 6.95. The first kappa shape index (κ1) is 18.8. The molecule has 1 heterocycles. The number of rotatable bonds is 0. The third-order valence-corrected chi connectivity index (χ3v) is 3.46. The van der Waals surface area contributed by atoms with Crippen LogP contribution in [0.5, 0.6) is 0 Å². The van der Waals surface area contributed by atoms with Crippen molar-refractivity contribution in [1.82, 2.24) is 4.37 Å². The van der Waals surface area contributed by atoms with Crippen molar-refractivity contribution in [1.29, 1.82) is 5.26 Å². The largest absolute Gasteiger partial charge is 0.354 e. The minimum absolute atomic E-state index is 0.0972. The van der Waals surface area contributed by atoms with Gasteiger partial charge in [-0.1, -0.05) is 11.6 Å². The number of halogens is 5. The van der Waals surface area contributed by atoms with Gasteiger partial charge < -0.3 is 0 Å². The van der Waals surface area contributed by atoms with Crippen LogP contribution in [0.4, 0.5) is 0 Å². The van der Waals surface area contributed by atoms with Crippen LogP contribution in [0.3, 0.4) is 0 Å². The predicted octanol–water partition coefficient (Wildman–Crippen LogP) is 4.92. The van der Waals surface area contributed by atoms with Gasteiger partial charge in [-0.2, -0.15) is 5.26 Å². The van der Waals surface area contributed by atoms with Gasteiger partial charge in [-0.3, -0.25) is 0 Å². The summed E-state index contributed by atoms with van der Waals surface area (Å²) >= 11 is 19.9. The molecule has 0 aromatic carbocycles. The van der Waals surface area contributed by atoms with E-state index in [0.29, 0.717) is 9.49 Å². The molecule has 1 aromatic heterocycles. The van der Waals surface area contributed by atoms with Gasteiger partial charge in [0, 0.05) is 0 Å². The van der Waals surface area contributed by atoms with Crippen molar-refractivity contribution in [2.24, 2.45) is 0 Å². The summed E-state index contributed by atoms with van der Waals surface area (Å²) in [5.41, 5.74) is 0. The Balaban J connectivity index is 0. The number of hydrogen-bond donors (Lipinski definition) is 0. The minimum atomic E-state index is -0.833. The molecule has 1 rings (SSSR count). The molecule has 0 radical (unpaired) electrons. The maximum atomic E-state index is 7.49. The van der Waals surface area contributed by atoms with E-state index in [1.165, 1.54) is 20.9 Å².